The van der Waals surface area contributed by atoms with Crippen molar-refractivity contribution in [2.75, 3.05) is 43.7 Å². The predicted octanol–water partition coefficient (Wildman–Crippen LogP) is 3.05. The summed E-state index contributed by atoms with van der Waals surface area (Å²) in [6, 6.07) is 14.0. The van der Waals surface area contributed by atoms with Crippen molar-refractivity contribution in [2.45, 2.75) is 0 Å². The highest BCUT2D eigenvalue weighted by atomic mass is 16.5. The summed E-state index contributed by atoms with van der Waals surface area (Å²) in [6.07, 6.45) is 1.75. The van der Waals surface area contributed by atoms with E-state index < -0.39 is 5.91 Å². The molecule has 0 unspecified atom stereocenters. The average Bonchev–Trinajstić information content (AvgIpc) is 3.28. The van der Waals surface area contributed by atoms with Gasteiger partial charge in [0.1, 0.15) is 17.2 Å². The van der Waals surface area contributed by atoms with E-state index in [0.29, 0.717) is 39.8 Å². The van der Waals surface area contributed by atoms with E-state index in [9.17, 15) is 9.59 Å². The Morgan fingerprint density at radius 2 is 1.86 bits per heavy atom. The number of nitrogens with zero attached hydrogens (tertiary/aromatic N) is 3. The number of primary amides is 1. The molecule has 2 amide bonds. The standard InChI is InChI=1S/C24H26N8O3/c1-32(2)13-20(33)27-14-8-9-19(35-3)18(12-14)29-24-30-22-16(10-11-26-22)23(31-24)28-17-7-5-4-6-15(17)21(25)34/h4-12H,13H2,1-3H3,(H2,25,34)(H,27,33)(H3,26,28,29,30,31). The summed E-state index contributed by atoms with van der Waals surface area (Å²) < 4.78 is 5.47. The number of amides is 2. The Labute approximate surface area is 201 Å². The first-order valence-corrected chi connectivity index (χ1v) is 10.7. The molecule has 180 valence electrons. The molecule has 0 aliphatic rings. The fourth-order valence-electron chi connectivity index (χ4n) is 3.52. The molecule has 0 bridgehead atoms. The highest BCUT2D eigenvalue weighted by molar-refractivity contribution is 6.00. The van der Waals surface area contributed by atoms with E-state index in [1.54, 1.807) is 60.7 Å². The van der Waals surface area contributed by atoms with Crippen molar-refractivity contribution in [2.24, 2.45) is 5.73 Å². The van der Waals surface area contributed by atoms with Gasteiger partial charge >= 0.3 is 0 Å². The Balaban J connectivity index is 1.67. The predicted molar refractivity (Wildman–Crippen MR) is 136 cm³/mol. The van der Waals surface area contributed by atoms with Crippen LogP contribution in [0.2, 0.25) is 0 Å². The third-order valence-corrected chi connectivity index (χ3v) is 5.05. The number of methoxy groups -OCH3 is 1. The minimum atomic E-state index is -0.552. The first-order valence-electron chi connectivity index (χ1n) is 10.7. The van der Waals surface area contributed by atoms with Crippen molar-refractivity contribution < 1.29 is 14.3 Å². The number of anilines is 5. The number of hydrogen-bond donors (Lipinski definition) is 5. The molecule has 2 heterocycles. The molecule has 0 atom stereocenters. The molecule has 11 heteroatoms. The van der Waals surface area contributed by atoms with Crippen molar-refractivity contribution in [3.8, 4) is 5.75 Å². The molecule has 6 N–H and O–H groups in total. The number of benzene rings is 2. The highest BCUT2D eigenvalue weighted by Gasteiger charge is 2.15. The van der Waals surface area contributed by atoms with E-state index >= 15 is 0 Å². The first-order chi connectivity index (χ1) is 16.8. The minimum absolute atomic E-state index is 0.144. The van der Waals surface area contributed by atoms with Crippen LogP contribution in [0, 0.1) is 0 Å². The van der Waals surface area contributed by atoms with Gasteiger partial charge in [0.15, 0.2) is 0 Å². The number of nitrogens with one attached hydrogen (secondary N) is 4. The second-order valence-corrected chi connectivity index (χ2v) is 8.00. The van der Waals surface area contributed by atoms with Crippen LogP contribution in [-0.4, -0.2) is 59.4 Å². The molecule has 35 heavy (non-hydrogen) atoms. The number of H-pyrrole nitrogens is 1. The quantitative estimate of drug-likeness (QED) is 0.248. The van der Waals surface area contributed by atoms with E-state index in [1.807, 2.05) is 20.2 Å². The smallest absolute Gasteiger partial charge is 0.250 e. The summed E-state index contributed by atoms with van der Waals surface area (Å²) in [5, 5.41) is 9.94. The number of carbonyl (C=O) groups is 2. The lowest BCUT2D eigenvalue weighted by Crippen LogP contribution is -2.27. The number of nitrogens with two attached hydrogens (primary N) is 1. The summed E-state index contributed by atoms with van der Waals surface area (Å²) in [4.78, 5) is 38.0. The molecular weight excluding hydrogens is 448 g/mol. The first kappa shape index (κ1) is 23.5. The summed E-state index contributed by atoms with van der Waals surface area (Å²) in [5.41, 5.74) is 8.12. The maximum Gasteiger partial charge on any atom is 0.250 e. The average molecular weight is 475 g/mol. The molecule has 2 aromatic carbocycles. The van der Waals surface area contributed by atoms with Gasteiger partial charge in [0.25, 0.3) is 5.91 Å². The number of ether oxygens (including phenoxy) is 1. The molecule has 2 aromatic heterocycles. The number of para-hydroxylation sites is 1. The van der Waals surface area contributed by atoms with Crippen LogP contribution >= 0.6 is 0 Å². The lowest BCUT2D eigenvalue weighted by Gasteiger charge is -2.15. The van der Waals surface area contributed by atoms with Gasteiger partial charge in [0.2, 0.25) is 11.9 Å². The second-order valence-electron chi connectivity index (χ2n) is 8.00. The van der Waals surface area contributed by atoms with Crippen molar-refractivity contribution in [1.29, 1.82) is 0 Å². The fourth-order valence-corrected chi connectivity index (χ4v) is 3.52. The van der Waals surface area contributed by atoms with Crippen molar-refractivity contribution in [3.05, 3.63) is 60.3 Å². The number of aromatic nitrogens is 3. The van der Waals surface area contributed by atoms with E-state index in [-0.39, 0.29) is 18.4 Å². The van der Waals surface area contributed by atoms with Gasteiger partial charge in [-0.25, -0.2) is 0 Å². The summed E-state index contributed by atoms with van der Waals surface area (Å²) in [6.45, 7) is 0.253. The van der Waals surface area contributed by atoms with Crippen LogP contribution in [0.4, 0.5) is 28.8 Å². The van der Waals surface area contributed by atoms with Gasteiger partial charge in [0.05, 0.1) is 36.0 Å². The Morgan fingerprint density at radius 1 is 1.06 bits per heavy atom. The van der Waals surface area contributed by atoms with Gasteiger partial charge in [-0.3, -0.25) is 9.59 Å². The summed E-state index contributed by atoms with van der Waals surface area (Å²) >= 11 is 0. The van der Waals surface area contributed by atoms with Crippen molar-refractivity contribution >= 4 is 51.7 Å². The van der Waals surface area contributed by atoms with Crippen LogP contribution in [0.5, 0.6) is 5.75 Å². The molecule has 0 aliphatic heterocycles. The number of hydrogen-bond acceptors (Lipinski definition) is 8. The van der Waals surface area contributed by atoms with Crippen molar-refractivity contribution in [1.82, 2.24) is 19.9 Å². The Morgan fingerprint density at radius 3 is 2.60 bits per heavy atom. The fraction of sp³-hybridized carbons (Fsp3) is 0.167. The molecule has 11 nitrogen and oxygen atoms in total. The number of likely N-dealkylation sites (N-methyl/N-ethyl adjacent to an activating group) is 1. The lowest BCUT2D eigenvalue weighted by atomic mass is 10.1. The van der Waals surface area contributed by atoms with E-state index in [2.05, 4.69) is 30.9 Å². The Bertz CT molecular complexity index is 1380. The van der Waals surface area contributed by atoms with Crippen LogP contribution < -0.4 is 26.4 Å². The molecule has 0 saturated carbocycles. The monoisotopic (exact) mass is 474 g/mol. The molecule has 4 aromatic rings. The van der Waals surface area contributed by atoms with E-state index in [0.717, 1.165) is 5.39 Å². The normalized spacial score (nSPS) is 10.9. The maximum absolute atomic E-state index is 12.2. The van der Waals surface area contributed by atoms with Crippen LogP contribution in [0.25, 0.3) is 11.0 Å². The zero-order valence-corrected chi connectivity index (χ0v) is 19.5. The van der Waals surface area contributed by atoms with Crippen LogP contribution in [0.15, 0.2) is 54.7 Å². The number of carbonyl (C=O) groups excluding carboxylic acids is 2. The highest BCUT2D eigenvalue weighted by Crippen LogP contribution is 2.32. The van der Waals surface area contributed by atoms with Crippen LogP contribution in [0.1, 0.15) is 10.4 Å². The molecule has 0 spiro atoms. The SMILES string of the molecule is COc1ccc(NC(=O)CN(C)C)cc1Nc1nc(Nc2ccccc2C(N)=O)c2cc[nH]c2n1. The Kier molecular flexibility index (Phi) is 6.78. The summed E-state index contributed by atoms with van der Waals surface area (Å²) in [7, 11) is 5.19. The van der Waals surface area contributed by atoms with Gasteiger partial charge in [-0.1, -0.05) is 12.1 Å². The zero-order valence-electron chi connectivity index (χ0n) is 19.5. The maximum atomic E-state index is 12.2. The third kappa shape index (κ3) is 5.47. The molecule has 0 radical (unpaired) electrons. The van der Waals surface area contributed by atoms with Gasteiger partial charge in [-0.15, -0.1) is 0 Å². The van der Waals surface area contributed by atoms with Crippen LogP contribution in [-0.2, 0) is 4.79 Å². The van der Waals surface area contributed by atoms with Gasteiger partial charge in [-0.2, -0.15) is 9.97 Å². The van der Waals surface area contributed by atoms with E-state index in [4.69, 9.17) is 10.5 Å². The molecule has 4 rings (SSSR count). The largest absolute Gasteiger partial charge is 0.495 e. The number of fused-ring (bicyclic) bond motifs is 1. The Hall–Kier alpha value is -4.64. The van der Waals surface area contributed by atoms with Gasteiger partial charge in [-0.05, 0) is 50.5 Å². The van der Waals surface area contributed by atoms with Crippen molar-refractivity contribution in [3.63, 3.8) is 0 Å². The number of rotatable bonds is 9. The van der Waals surface area contributed by atoms with E-state index in [1.165, 1.54) is 0 Å². The third-order valence-electron chi connectivity index (χ3n) is 5.05. The van der Waals surface area contributed by atoms with Crippen LogP contribution in [0.3, 0.4) is 0 Å². The molecule has 0 fully saturated rings. The second kappa shape index (κ2) is 10.1. The van der Waals surface area contributed by atoms with Gasteiger partial charge < -0.3 is 36.3 Å². The summed E-state index contributed by atoms with van der Waals surface area (Å²) in [5.74, 6) is 0.591. The molecule has 0 saturated heterocycles. The number of aromatic amines is 1. The topological polar surface area (TPSA) is 150 Å². The van der Waals surface area contributed by atoms with Gasteiger partial charge in [0, 0.05) is 11.9 Å². The molecular formula is C24H26N8O3. The lowest BCUT2D eigenvalue weighted by molar-refractivity contribution is -0.116. The minimum Gasteiger partial charge on any atom is -0.495 e. The zero-order chi connectivity index (χ0) is 24.9. The molecule has 0 aliphatic carbocycles.